The maximum absolute atomic E-state index is 12.3. The minimum Gasteiger partial charge on any atom is -0.467 e. The summed E-state index contributed by atoms with van der Waals surface area (Å²) in [5.74, 6) is -0.797. The van der Waals surface area contributed by atoms with Crippen molar-refractivity contribution in [1.29, 1.82) is 0 Å². The van der Waals surface area contributed by atoms with Crippen LogP contribution in [0, 0.1) is 5.92 Å². The van der Waals surface area contributed by atoms with Crippen LogP contribution in [-0.2, 0) is 9.53 Å². The number of hydrogen-bond donors (Lipinski definition) is 1. The molecule has 8 heteroatoms. The van der Waals surface area contributed by atoms with Gasteiger partial charge < -0.3 is 10.1 Å². The van der Waals surface area contributed by atoms with Gasteiger partial charge in [-0.3, -0.25) is 4.79 Å². The van der Waals surface area contributed by atoms with Gasteiger partial charge >= 0.3 is 5.97 Å². The van der Waals surface area contributed by atoms with Crippen LogP contribution in [-0.4, -0.2) is 45.2 Å². The molecule has 8 nitrogen and oxygen atoms in total. The van der Waals surface area contributed by atoms with Crippen molar-refractivity contribution in [2.75, 3.05) is 7.11 Å². The predicted octanol–water partition coefficient (Wildman–Crippen LogP) is 0.980. The highest BCUT2D eigenvalue weighted by Crippen LogP contribution is 2.12. The number of esters is 1. The second kappa shape index (κ2) is 7.48. The third-order valence-electron chi connectivity index (χ3n) is 3.70. The molecule has 0 aliphatic heterocycles. The first kappa shape index (κ1) is 16.6. The Morgan fingerprint density at radius 2 is 2.00 bits per heavy atom. The molecule has 0 fully saturated rings. The lowest BCUT2D eigenvalue weighted by atomic mass is 9.99. The van der Waals surface area contributed by atoms with Crippen LogP contribution in [0.3, 0.4) is 0 Å². The number of nitrogens with one attached hydrogen (secondary N) is 1. The Morgan fingerprint density at radius 3 is 2.52 bits per heavy atom. The number of tetrazole rings is 1. The summed E-state index contributed by atoms with van der Waals surface area (Å²) >= 11 is 0. The summed E-state index contributed by atoms with van der Waals surface area (Å²) in [5, 5.41) is 13.6. The first-order valence-electron chi connectivity index (χ1n) is 7.29. The molecule has 0 spiro atoms. The molecule has 0 aliphatic carbocycles. The fraction of sp³-hybridized carbons (Fsp3) is 0.400. The van der Waals surface area contributed by atoms with E-state index in [1.807, 2.05) is 13.8 Å². The molecule has 0 saturated heterocycles. The molecule has 1 amide bonds. The Hall–Kier alpha value is -2.77. The fourth-order valence-electron chi connectivity index (χ4n) is 2.07. The highest BCUT2D eigenvalue weighted by Gasteiger charge is 2.27. The van der Waals surface area contributed by atoms with Gasteiger partial charge in [0.15, 0.2) is 0 Å². The van der Waals surface area contributed by atoms with E-state index in [9.17, 15) is 9.59 Å². The lowest BCUT2D eigenvalue weighted by Crippen LogP contribution is -2.45. The Morgan fingerprint density at radius 1 is 1.30 bits per heavy atom. The van der Waals surface area contributed by atoms with Crippen LogP contribution in [0.1, 0.15) is 30.6 Å². The lowest BCUT2D eigenvalue weighted by Gasteiger charge is -2.21. The molecule has 1 heterocycles. The third-order valence-corrected chi connectivity index (χ3v) is 3.70. The minimum atomic E-state index is -0.670. The van der Waals surface area contributed by atoms with Crippen molar-refractivity contribution < 1.29 is 14.3 Å². The zero-order chi connectivity index (χ0) is 16.8. The number of carbonyl (C=O) groups excluding carboxylic acids is 2. The summed E-state index contributed by atoms with van der Waals surface area (Å²) < 4.78 is 6.25. The quantitative estimate of drug-likeness (QED) is 0.797. The van der Waals surface area contributed by atoms with Crippen LogP contribution in [0.15, 0.2) is 30.6 Å². The Labute approximate surface area is 133 Å². The lowest BCUT2D eigenvalue weighted by molar-refractivity contribution is -0.144. The Balaban J connectivity index is 2.11. The first-order chi connectivity index (χ1) is 11.1. The van der Waals surface area contributed by atoms with Crippen LogP contribution >= 0.6 is 0 Å². The highest BCUT2D eigenvalue weighted by atomic mass is 16.5. The SMILES string of the molecule is CC[C@H](C)[C@H](NC(=O)c1ccc(-n2cnnn2)cc1)C(=O)OC. The van der Waals surface area contributed by atoms with Gasteiger partial charge in [0.1, 0.15) is 12.4 Å². The summed E-state index contributed by atoms with van der Waals surface area (Å²) in [7, 11) is 1.31. The molecule has 23 heavy (non-hydrogen) atoms. The number of hydrogen-bond acceptors (Lipinski definition) is 6. The van der Waals surface area contributed by atoms with Crippen LogP contribution in [0.5, 0.6) is 0 Å². The summed E-state index contributed by atoms with van der Waals surface area (Å²) in [6.07, 6.45) is 2.21. The van der Waals surface area contributed by atoms with Gasteiger partial charge in [-0.05, 0) is 40.6 Å². The maximum atomic E-state index is 12.3. The minimum absolute atomic E-state index is 0.0214. The number of rotatable bonds is 6. The zero-order valence-electron chi connectivity index (χ0n) is 13.3. The third kappa shape index (κ3) is 3.91. The van der Waals surface area contributed by atoms with Crippen LogP contribution in [0.4, 0.5) is 0 Å². The van der Waals surface area contributed by atoms with Crippen molar-refractivity contribution in [3.05, 3.63) is 36.2 Å². The van der Waals surface area contributed by atoms with Crippen molar-refractivity contribution in [1.82, 2.24) is 25.5 Å². The van der Waals surface area contributed by atoms with Gasteiger partial charge in [-0.1, -0.05) is 20.3 Å². The summed E-state index contributed by atoms with van der Waals surface area (Å²) in [6.45, 7) is 3.84. The molecule has 1 aromatic heterocycles. The summed E-state index contributed by atoms with van der Waals surface area (Å²) in [4.78, 5) is 24.2. The summed E-state index contributed by atoms with van der Waals surface area (Å²) in [5.41, 5.74) is 1.18. The molecular formula is C15H19N5O3. The number of benzene rings is 1. The molecule has 0 bridgehead atoms. The van der Waals surface area contributed by atoms with Crippen molar-refractivity contribution >= 4 is 11.9 Å². The largest absolute Gasteiger partial charge is 0.467 e. The standard InChI is InChI=1S/C15H19N5O3/c1-4-10(2)13(15(22)23-3)17-14(21)11-5-7-12(8-6-11)20-9-16-18-19-20/h5-10,13H,4H2,1-3H3,(H,17,21)/t10-,13-/m0/s1. The number of carbonyl (C=O) groups is 2. The smallest absolute Gasteiger partial charge is 0.328 e. The van der Waals surface area contributed by atoms with Gasteiger partial charge in [-0.15, -0.1) is 5.10 Å². The topological polar surface area (TPSA) is 99.0 Å². The van der Waals surface area contributed by atoms with Crippen LogP contribution in [0.2, 0.25) is 0 Å². The molecule has 2 aromatic rings. The molecule has 0 radical (unpaired) electrons. The van der Waals surface area contributed by atoms with Gasteiger partial charge in [-0.2, -0.15) is 0 Å². The average molecular weight is 317 g/mol. The van der Waals surface area contributed by atoms with Gasteiger partial charge in [0.2, 0.25) is 0 Å². The van der Waals surface area contributed by atoms with Crippen molar-refractivity contribution in [3.63, 3.8) is 0 Å². The zero-order valence-corrected chi connectivity index (χ0v) is 13.3. The monoisotopic (exact) mass is 317 g/mol. The second-order valence-corrected chi connectivity index (χ2v) is 5.16. The van der Waals surface area contributed by atoms with E-state index in [2.05, 4.69) is 20.8 Å². The number of methoxy groups -OCH3 is 1. The molecule has 0 unspecified atom stereocenters. The van der Waals surface area contributed by atoms with E-state index < -0.39 is 12.0 Å². The predicted molar refractivity (Wildman–Crippen MR) is 81.9 cm³/mol. The fourth-order valence-corrected chi connectivity index (χ4v) is 2.07. The van der Waals surface area contributed by atoms with E-state index in [0.717, 1.165) is 12.1 Å². The molecule has 2 atom stereocenters. The van der Waals surface area contributed by atoms with E-state index in [1.54, 1.807) is 24.3 Å². The average Bonchev–Trinajstić information content (AvgIpc) is 3.12. The first-order valence-corrected chi connectivity index (χ1v) is 7.29. The molecule has 122 valence electrons. The number of ether oxygens (including phenoxy) is 1. The molecule has 2 rings (SSSR count). The van der Waals surface area contributed by atoms with E-state index in [0.29, 0.717) is 5.56 Å². The number of aromatic nitrogens is 4. The van der Waals surface area contributed by atoms with Gasteiger partial charge in [0.05, 0.1) is 12.8 Å². The van der Waals surface area contributed by atoms with Crippen LogP contribution < -0.4 is 5.32 Å². The maximum Gasteiger partial charge on any atom is 0.328 e. The molecular weight excluding hydrogens is 298 g/mol. The Kier molecular flexibility index (Phi) is 5.40. The number of amides is 1. The second-order valence-electron chi connectivity index (χ2n) is 5.16. The Bertz CT molecular complexity index is 654. The molecule has 0 aliphatic rings. The molecule has 1 N–H and O–H groups in total. The summed E-state index contributed by atoms with van der Waals surface area (Å²) in [6, 6.07) is 6.08. The normalized spacial score (nSPS) is 13.2. The highest BCUT2D eigenvalue weighted by molar-refractivity contribution is 5.97. The van der Waals surface area contributed by atoms with E-state index in [-0.39, 0.29) is 11.8 Å². The van der Waals surface area contributed by atoms with E-state index in [4.69, 9.17) is 4.74 Å². The van der Waals surface area contributed by atoms with E-state index in [1.165, 1.54) is 18.1 Å². The molecule has 1 aromatic carbocycles. The van der Waals surface area contributed by atoms with Crippen LogP contribution in [0.25, 0.3) is 5.69 Å². The van der Waals surface area contributed by atoms with Crippen molar-refractivity contribution in [3.8, 4) is 5.69 Å². The van der Waals surface area contributed by atoms with E-state index >= 15 is 0 Å². The van der Waals surface area contributed by atoms with Crippen molar-refractivity contribution in [2.45, 2.75) is 26.3 Å². The number of nitrogens with zero attached hydrogens (tertiary/aromatic N) is 4. The van der Waals surface area contributed by atoms with Gasteiger partial charge in [0, 0.05) is 5.56 Å². The van der Waals surface area contributed by atoms with Gasteiger partial charge in [0.25, 0.3) is 5.91 Å². The van der Waals surface area contributed by atoms with Crippen molar-refractivity contribution in [2.24, 2.45) is 5.92 Å². The van der Waals surface area contributed by atoms with Gasteiger partial charge in [-0.25, -0.2) is 9.48 Å². The molecule has 0 saturated carbocycles.